The van der Waals surface area contributed by atoms with Crippen molar-refractivity contribution in [3.05, 3.63) is 92.9 Å². The van der Waals surface area contributed by atoms with E-state index in [1.165, 1.54) is 12.1 Å². The van der Waals surface area contributed by atoms with E-state index >= 15 is 0 Å². The Balaban J connectivity index is 1.64. The third kappa shape index (κ3) is 5.39. The number of carbonyl (C=O) groups is 1. The van der Waals surface area contributed by atoms with Crippen molar-refractivity contribution in [1.29, 1.82) is 0 Å². The van der Waals surface area contributed by atoms with Gasteiger partial charge in [0.15, 0.2) is 6.54 Å². The fourth-order valence-electron chi connectivity index (χ4n) is 2.84. The summed E-state index contributed by atoms with van der Waals surface area (Å²) in [6.07, 6.45) is 0. The Morgan fingerprint density at radius 1 is 1.11 bits per heavy atom. The van der Waals surface area contributed by atoms with Gasteiger partial charge in [-0.3, -0.25) is 4.79 Å². The molecule has 3 N–H and O–H groups in total. The van der Waals surface area contributed by atoms with Crippen LogP contribution in [0.1, 0.15) is 35.0 Å². The van der Waals surface area contributed by atoms with Gasteiger partial charge in [-0.15, -0.1) is 11.3 Å². The molecule has 140 valence electrons. The Hall–Kier alpha value is -2.21. The van der Waals surface area contributed by atoms with Crippen molar-refractivity contribution in [2.24, 2.45) is 0 Å². The number of halogens is 2. The number of amides is 1. The molecule has 1 heterocycles. The molecule has 0 saturated carbocycles. The average molecular weight is 404 g/mol. The molecule has 3 rings (SSSR count). The van der Waals surface area contributed by atoms with E-state index < -0.39 is 0 Å². The largest absolute Gasteiger partial charge is 0.339 e. The van der Waals surface area contributed by atoms with E-state index in [0.717, 1.165) is 16.0 Å². The van der Waals surface area contributed by atoms with Crippen molar-refractivity contribution in [3.8, 4) is 0 Å². The van der Waals surface area contributed by atoms with E-state index in [1.54, 1.807) is 23.5 Å². The lowest BCUT2D eigenvalue weighted by molar-refractivity contribution is -0.682. The monoisotopic (exact) mass is 403 g/mol. The third-order valence-electron chi connectivity index (χ3n) is 4.39. The second-order valence-corrected chi connectivity index (χ2v) is 7.76. The third-order valence-corrected chi connectivity index (χ3v) is 5.58. The molecule has 27 heavy (non-hydrogen) atoms. The van der Waals surface area contributed by atoms with Gasteiger partial charge >= 0.3 is 0 Å². The molecule has 1 amide bonds. The number of hydrogen-bond donors (Lipinski definition) is 2. The van der Waals surface area contributed by atoms with Gasteiger partial charge in [0.25, 0.3) is 5.91 Å². The highest BCUT2D eigenvalue weighted by Gasteiger charge is 2.19. The zero-order valence-corrected chi connectivity index (χ0v) is 16.4. The Labute approximate surface area is 167 Å². The second-order valence-electron chi connectivity index (χ2n) is 6.35. The number of hydrogen-bond acceptors (Lipinski definition) is 2. The topological polar surface area (TPSA) is 45.7 Å². The number of benzene rings is 2. The average Bonchev–Trinajstić information content (AvgIpc) is 3.20. The SMILES string of the molecule is C[C@@H]([NH2+]CC(=O)N[C@@H](c1ccc(F)cc1)c1cccs1)c1ccc(Cl)cc1. The van der Waals surface area contributed by atoms with Crippen LogP contribution in [0, 0.1) is 5.82 Å². The molecule has 2 atom stereocenters. The number of thiophene rings is 1. The van der Waals surface area contributed by atoms with Crippen LogP contribution in [-0.2, 0) is 4.79 Å². The number of nitrogens with one attached hydrogen (secondary N) is 1. The normalized spacial score (nSPS) is 13.1. The molecule has 2 aromatic carbocycles. The van der Waals surface area contributed by atoms with Gasteiger partial charge in [0.05, 0.1) is 6.04 Å². The van der Waals surface area contributed by atoms with Crippen molar-refractivity contribution in [2.75, 3.05) is 6.54 Å². The van der Waals surface area contributed by atoms with E-state index in [9.17, 15) is 9.18 Å². The predicted octanol–water partition coefficient (Wildman–Crippen LogP) is 4.07. The summed E-state index contributed by atoms with van der Waals surface area (Å²) in [4.78, 5) is 13.6. The van der Waals surface area contributed by atoms with E-state index in [4.69, 9.17) is 11.6 Å². The lowest BCUT2D eigenvalue weighted by Gasteiger charge is -2.18. The summed E-state index contributed by atoms with van der Waals surface area (Å²) >= 11 is 7.48. The molecular formula is C21H21ClFN2OS+. The Morgan fingerprint density at radius 2 is 1.78 bits per heavy atom. The number of carbonyl (C=O) groups excluding carboxylic acids is 1. The molecule has 0 aliphatic rings. The van der Waals surface area contributed by atoms with Crippen LogP contribution in [-0.4, -0.2) is 12.5 Å². The Bertz CT molecular complexity index is 866. The molecule has 0 aliphatic carbocycles. The molecule has 0 radical (unpaired) electrons. The zero-order chi connectivity index (χ0) is 19.2. The van der Waals surface area contributed by atoms with Crippen LogP contribution in [0.2, 0.25) is 5.02 Å². The summed E-state index contributed by atoms with van der Waals surface area (Å²) in [7, 11) is 0. The molecule has 0 bridgehead atoms. The summed E-state index contributed by atoms with van der Waals surface area (Å²) in [5.74, 6) is -0.362. The van der Waals surface area contributed by atoms with Crippen molar-refractivity contribution < 1.29 is 14.5 Å². The van der Waals surface area contributed by atoms with Crippen LogP contribution in [0.25, 0.3) is 0 Å². The first-order valence-corrected chi connectivity index (χ1v) is 9.95. The van der Waals surface area contributed by atoms with Crippen LogP contribution in [0.15, 0.2) is 66.0 Å². The fraction of sp³-hybridized carbons (Fsp3) is 0.190. The maximum atomic E-state index is 13.3. The van der Waals surface area contributed by atoms with Crippen LogP contribution in [0.3, 0.4) is 0 Å². The van der Waals surface area contributed by atoms with Crippen LogP contribution in [0.4, 0.5) is 4.39 Å². The molecule has 0 aliphatic heterocycles. The Morgan fingerprint density at radius 3 is 2.41 bits per heavy atom. The highest BCUT2D eigenvalue weighted by molar-refractivity contribution is 7.10. The maximum Gasteiger partial charge on any atom is 0.275 e. The molecule has 1 aromatic heterocycles. The molecule has 0 unspecified atom stereocenters. The first kappa shape index (κ1) is 19.5. The highest BCUT2D eigenvalue weighted by atomic mass is 35.5. The van der Waals surface area contributed by atoms with Gasteiger partial charge in [0.2, 0.25) is 0 Å². The fourth-order valence-corrected chi connectivity index (χ4v) is 3.76. The lowest BCUT2D eigenvalue weighted by atomic mass is 10.1. The van der Waals surface area contributed by atoms with Gasteiger partial charge in [0, 0.05) is 15.5 Å². The minimum Gasteiger partial charge on any atom is -0.339 e. The van der Waals surface area contributed by atoms with Crippen molar-refractivity contribution in [2.45, 2.75) is 19.0 Å². The highest BCUT2D eigenvalue weighted by Crippen LogP contribution is 2.26. The van der Waals surface area contributed by atoms with Crippen LogP contribution in [0.5, 0.6) is 0 Å². The van der Waals surface area contributed by atoms with E-state index in [-0.39, 0.29) is 23.8 Å². The molecular weight excluding hydrogens is 383 g/mol. The quantitative estimate of drug-likeness (QED) is 0.613. The molecule has 6 heteroatoms. The minimum absolute atomic E-state index is 0.0708. The van der Waals surface area contributed by atoms with Gasteiger partial charge < -0.3 is 10.6 Å². The summed E-state index contributed by atoms with van der Waals surface area (Å²) in [6, 6.07) is 17.6. The molecule has 0 fully saturated rings. The van der Waals surface area contributed by atoms with Crippen molar-refractivity contribution in [1.82, 2.24) is 5.32 Å². The smallest absolute Gasteiger partial charge is 0.275 e. The van der Waals surface area contributed by atoms with Gasteiger partial charge in [0.1, 0.15) is 11.9 Å². The van der Waals surface area contributed by atoms with Crippen molar-refractivity contribution >= 4 is 28.8 Å². The summed E-state index contributed by atoms with van der Waals surface area (Å²) in [5.41, 5.74) is 1.97. The molecule has 3 nitrogen and oxygen atoms in total. The van der Waals surface area contributed by atoms with E-state index in [2.05, 4.69) is 5.32 Å². The number of rotatable bonds is 7. The van der Waals surface area contributed by atoms with Gasteiger partial charge in [-0.2, -0.15) is 0 Å². The number of quaternary nitrogens is 1. The summed E-state index contributed by atoms with van der Waals surface area (Å²) < 4.78 is 13.3. The standard InChI is InChI=1S/C21H20ClFN2OS/c1-14(15-4-8-17(22)9-5-15)24-13-20(26)25-21(19-3-2-12-27-19)16-6-10-18(23)11-7-16/h2-12,14,21,24H,13H2,1H3,(H,25,26)/p+1/t14-,21+/m1/s1. The number of nitrogens with two attached hydrogens (primary N) is 1. The first-order chi connectivity index (χ1) is 13.0. The molecule has 0 spiro atoms. The maximum absolute atomic E-state index is 13.3. The van der Waals surface area contributed by atoms with Crippen LogP contribution < -0.4 is 10.6 Å². The van der Waals surface area contributed by atoms with E-state index in [0.29, 0.717) is 11.6 Å². The van der Waals surface area contributed by atoms with Crippen LogP contribution >= 0.6 is 22.9 Å². The van der Waals surface area contributed by atoms with Crippen molar-refractivity contribution in [3.63, 3.8) is 0 Å². The predicted molar refractivity (Wildman–Crippen MR) is 107 cm³/mol. The first-order valence-electron chi connectivity index (χ1n) is 8.70. The molecule has 0 saturated heterocycles. The summed E-state index contributed by atoms with van der Waals surface area (Å²) in [5, 5.41) is 7.71. The Kier molecular flexibility index (Phi) is 6.61. The molecule has 3 aromatic rings. The van der Waals surface area contributed by atoms with Gasteiger partial charge in [-0.1, -0.05) is 41.9 Å². The van der Waals surface area contributed by atoms with Gasteiger partial charge in [-0.25, -0.2) is 4.39 Å². The lowest BCUT2D eigenvalue weighted by Crippen LogP contribution is -2.87. The van der Waals surface area contributed by atoms with Gasteiger partial charge in [-0.05, 0) is 48.2 Å². The summed E-state index contributed by atoms with van der Waals surface area (Å²) in [6.45, 7) is 2.35. The van der Waals surface area contributed by atoms with E-state index in [1.807, 2.05) is 54.0 Å². The second kappa shape index (κ2) is 9.13. The zero-order valence-electron chi connectivity index (χ0n) is 14.9. The minimum atomic E-state index is -0.292.